The third-order valence-electron chi connectivity index (χ3n) is 3.15. The zero-order valence-electron chi connectivity index (χ0n) is 13.3. The minimum atomic E-state index is -0.615. The number of aromatic nitrogens is 1. The molecule has 0 radical (unpaired) electrons. The number of nitrogens with zero attached hydrogens (tertiary/aromatic N) is 2. The summed E-state index contributed by atoms with van der Waals surface area (Å²) in [7, 11) is 3.22. The van der Waals surface area contributed by atoms with E-state index in [1.165, 1.54) is 16.2 Å². The lowest BCUT2D eigenvalue weighted by Crippen LogP contribution is -2.31. The Bertz CT molecular complexity index is 720. The van der Waals surface area contributed by atoms with Crippen molar-refractivity contribution in [1.29, 1.82) is 0 Å². The first-order valence-corrected chi connectivity index (χ1v) is 8.76. The molecule has 0 aliphatic rings. The van der Waals surface area contributed by atoms with Crippen LogP contribution in [0.15, 0.2) is 34.1 Å². The van der Waals surface area contributed by atoms with Crippen molar-refractivity contribution in [1.82, 2.24) is 9.88 Å². The van der Waals surface area contributed by atoms with Crippen LogP contribution in [-0.2, 0) is 27.4 Å². The van der Waals surface area contributed by atoms with Gasteiger partial charge in [-0.15, -0.1) is 11.3 Å². The van der Waals surface area contributed by atoms with E-state index in [2.05, 4.69) is 20.9 Å². The molecule has 24 heavy (non-hydrogen) atoms. The zero-order chi connectivity index (χ0) is 17.5. The fourth-order valence-electron chi connectivity index (χ4n) is 1.88. The molecule has 0 saturated carbocycles. The second-order valence-corrected chi connectivity index (χ2v) is 6.77. The van der Waals surface area contributed by atoms with Gasteiger partial charge in [-0.2, -0.15) is 0 Å². The number of amides is 1. The van der Waals surface area contributed by atoms with Gasteiger partial charge in [-0.25, -0.2) is 9.78 Å². The maximum Gasteiger partial charge on any atom is 0.358 e. The molecule has 0 atom stereocenters. The number of ether oxygens (including phenoxy) is 2. The van der Waals surface area contributed by atoms with E-state index < -0.39 is 5.97 Å². The smallest absolute Gasteiger partial charge is 0.358 e. The van der Waals surface area contributed by atoms with E-state index in [1.807, 2.05) is 24.3 Å². The fourth-order valence-corrected chi connectivity index (χ4v) is 3.02. The Kier molecular flexibility index (Phi) is 6.89. The molecule has 0 saturated heterocycles. The Balaban J connectivity index is 1.85. The van der Waals surface area contributed by atoms with Crippen molar-refractivity contribution >= 4 is 39.1 Å². The molecule has 1 aromatic heterocycles. The highest BCUT2D eigenvalue weighted by molar-refractivity contribution is 9.10. The molecule has 0 unspecified atom stereocenters. The highest BCUT2D eigenvalue weighted by Gasteiger charge is 2.16. The number of hydrogen-bond acceptors (Lipinski definition) is 6. The summed E-state index contributed by atoms with van der Waals surface area (Å²) < 4.78 is 10.9. The fraction of sp³-hybridized carbons (Fsp3) is 0.312. The second kappa shape index (κ2) is 8.91. The van der Waals surface area contributed by atoms with Crippen LogP contribution in [0.5, 0.6) is 0 Å². The Morgan fingerprint density at radius 3 is 2.79 bits per heavy atom. The van der Waals surface area contributed by atoms with E-state index in [9.17, 15) is 9.59 Å². The Morgan fingerprint density at radius 2 is 2.08 bits per heavy atom. The number of thiazole rings is 1. The molecule has 2 rings (SSSR count). The summed E-state index contributed by atoms with van der Waals surface area (Å²) >= 11 is 4.75. The van der Waals surface area contributed by atoms with Crippen LogP contribution in [0.1, 0.15) is 21.1 Å². The van der Waals surface area contributed by atoms with Gasteiger partial charge in [-0.05, 0) is 11.6 Å². The average Bonchev–Trinajstić information content (AvgIpc) is 3.03. The summed E-state index contributed by atoms with van der Waals surface area (Å²) in [5.41, 5.74) is 1.16. The first-order chi connectivity index (χ1) is 11.5. The quantitative estimate of drug-likeness (QED) is 0.653. The molecule has 0 fully saturated rings. The van der Waals surface area contributed by atoms with Crippen molar-refractivity contribution in [2.24, 2.45) is 0 Å². The van der Waals surface area contributed by atoms with Gasteiger partial charge in [0, 0.05) is 30.6 Å². The molecule has 0 aliphatic carbocycles. The van der Waals surface area contributed by atoms with Crippen molar-refractivity contribution in [2.45, 2.75) is 13.2 Å². The third-order valence-corrected chi connectivity index (χ3v) is 4.74. The summed E-state index contributed by atoms with van der Waals surface area (Å²) in [4.78, 5) is 29.6. The van der Waals surface area contributed by atoms with Gasteiger partial charge in [-0.3, -0.25) is 4.79 Å². The summed E-state index contributed by atoms with van der Waals surface area (Å²) in [5.74, 6) is -0.900. The molecular formula is C16H17BrN2O4S. The molecule has 1 aromatic carbocycles. The van der Waals surface area contributed by atoms with Gasteiger partial charge in [0.05, 0.1) is 6.61 Å². The topological polar surface area (TPSA) is 68.7 Å². The Labute approximate surface area is 152 Å². The molecule has 2 aromatic rings. The van der Waals surface area contributed by atoms with Crippen LogP contribution in [0.2, 0.25) is 0 Å². The monoisotopic (exact) mass is 412 g/mol. The number of carbonyl (C=O) groups excluding carboxylic acids is 2. The van der Waals surface area contributed by atoms with E-state index in [4.69, 9.17) is 9.47 Å². The molecule has 0 spiro atoms. The molecular weight excluding hydrogens is 396 g/mol. The van der Waals surface area contributed by atoms with E-state index >= 15 is 0 Å². The Morgan fingerprint density at radius 1 is 1.33 bits per heavy atom. The number of benzene rings is 1. The number of hydrogen-bond donors (Lipinski definition) is 0. The second-order valence-electron chi connectivity index (χ2n) is 4.98. The summed E-state index contributed by atoms with van der Waals surface area (Å²) in [6.45, 7) is 0.439. The van der Waals surface area contributed by atoms with Gasteiger partial charge < -0.3 is 14.4 Å². The molecule has 0 bridgehead atoms. The third kappa shape index (κ3) is 5.12. The molecule has 8 heteroatoms. The van der Waals surface area contributed by atoms with Gasteiger partial charge in [-0.1, -0.05) is 34.1 Å². The maximum absolute atomic E-state index is 12.1. The van der Waals surface area contributed by atoms with E-state index in [0.29, 0.717) is 18.2 Å². The van der Waals surface area contributed by atoms with E-state index in [0.717, 1.165) is 10.0 Å². The number of methoxy groups -OCH3 is 1. The van der Waals surface area contributed by atoms with E-state index in [-0.39, 0.29) is 18.2 Å². The van der Waals surface area contributed by atoms with Crippen LogP contribution < -0.4 is 0 Å². The largest absolute Gasteiger partial charge is 0.451 e. The average molecular weight is 413 g/mol. The van der Waals surface area contributed by atoms with Crippen LogP contribution in [0.25, 0.3) is 0 Å². The van der Waals surface area contributed by atoms with Crippen LogP contribution >= 0.6 is 27.3 Å². The summed E-state index contributed by atoms with van der Waals surface area (Å²) in [6, 6.07) is 7.64. The molecule has 1 heterocycles. The van der Waals surface area contributed by atoms with Crippen LogP contribution in [0.3, 0.4) is 0 Å². The van der Waals surface area contributed by atoms with Crippen LogP contribution in [-0.4, -0.2) is 42.5 Å². The number of likely N-dealkylation sites (N-methyl/N-ethyl adjacent to an activating group) is 1. The number of rotatable bonds is 7. The number of carbonyl (C=O) groups is 2. The van der Waals surface area contributed by atoms with Gasteiger partial charge in [0.1, 0.15) is 5.01 Å². The lowest BCUT2D eigenvalue weighted by Gasteiger charge is -2.17. The highest BCUT2D eigenvalue weighted by atomic mass is 79.9. The number of esters is 1. The predicted molar refractivity (Wildman–Crippen MR) is 93.7 cm³/mol. The molecule has 1 amide bonds. The highest BCUT2D eigenvalue weighted by Crippen LogP contribution is 2.17. The molecule has 0 N–H and O–H groups in total. The first kappa shape index (κ1) is 18.6. The summed E-state index contributed by atoms with van der Waals surface area (Å²) in [5, 5.41) is 2.27. The van der Waals surface area contributed by atoms with Gasteiger partial charge >= 0.3 is 5.97 Å². The normalized spacial score (nSPS) is 10.5. The van der Waals surface area contributed by atoms with Gasteiger partial charge in [0.15, 0.2) is 12.3 Å². The standard InChI is InChI=1S/C16H17BrN2O4S/c1-19(7-11-5-3-4-6-12(11)17)15(20)9-23-16(21)13-10-24-14(18-13)8-22-2/h3-6,10H,7-9H2,1-2H3. The van der Waals surface area contributed by atoms with Gasteiger partial charge in [0.2, 0.25) is 0 Å². The molecule has 0 aliphatic heterocycles. The zero-order valence-corrected chi connectivity index (χ0v) is 15.7. The van der Waals surface area contributed by atoms with Crippen LogP contribution in [0, 0.1) is 0 Å². The van der Waals surface area contributed by atoms with Gasteiger partial charge in [0.25, 0.3) is 5.91 Å². The lowest BCUT2D eigenvalue weighted by molar-refractivity contribution is -0.133. The molecule has 128 valence electrons. The Hall–Kier alpha value is -1.77. The van der Waals surface area contributed by atoms with Crippen molar-refractivity contribution in [3.63, 3.8) is 0 Å². The van der Waals surface area contributed by atoms with E-state index in [1.54, 1.807) is 19.5 Å². The lowest BCUT2D eigenvalue weighted by atomic mass is 10.2. The van der Waals surface area contributed by atoms with Crippen molar-refractivity contribution < 1.29 is 19.1 Å². The van der Waals surface area contributed by atoms with Crippen molar-refractivity contribution in [3.8, 4) is 0 Å². The van der Waals surface area contributed by atoms with Crippen molar-refractivity contribution in [3.05, 3.63) is 50.4 Å². The number of halogens is 1. The first-order valence-electron chi connectivity index (χ1n) is 7.09. The molecule has 6 nitrogen and oxygen atoms in total. The summed E-state index contributed by atoms with van der Waals surface area (Å²) in [6.07, 6.45) is 0. The predicted octanol–water partition coefficient (Wildman–Crippen LogP) is 2.87. The minimum Gasteiger partial charge on any atom is -0.451 e. The van der Waals surface area contributed by atoms with Crippen molar-refractivity contribution in [2.75, 3.05) is 20.8 Å². The SMILES string of the molecule is COCc1nc(C(=O)OCC(=O)N(C)Cc2ccccc2Br)cs1. The maximum atomic E-state index is 12.1. The van der Waals surface area contributed by atoms with Crippen LogP contribution in [0.4, 0.5) is 0 Å². The minimum absolute atomic E-state index is 0.188.